The Morgan fingerprint density at radius 1 is 1.23 bits per heavy atom. The maximum atomic E-state index is 12.1. The van der Waals surface area contributed by atoms with Gasteiger partial charge in [0.2, 0.25) is 0 Å². The first-order chi connectivity index (χ1) is 10.6. The van der Waals surface area contributed by atoms with Crippen molar-refractivity contribution >= 4 is 34.4 Å². The predicted octanol–water partition coefficient (Wildman–Crippen LogP) is 3.95. The van der Waals surface area contributed by atoms with E-state index in [1.807, 2.05) is 19.1 Å². The fourth-order valence-corrected chi connectivity index (χ4v) is 2.52. The van der Waals surface area contributed by atoms with Gasteiger partial charge in [0.1, 0.15) is 11.3 Å². The Hall–Kier alpha value is -2.59. The minimum atomic E-state index is -0.388. The molecule has 1 heterocycles. The lowest BCUT2D eigenvalue weighted by molar-refractivity contribution is 0.479. The van der Waals surface area contributed by atoms with Crippen LogP contribution >= 0.6 is 11.6 Å². The maximum absolute atomic E-state index is 12.1. The zero-order valence-corrected chi connectivity index (χ0v) is 12.6. The van der Waals surface area contributed by atoms with E-state index < -0.39 is 0 Å². The molecule has 3 aromatic rings. The average molecular weight is 313 g/mol. The van der Waals surface area contributed by atoms with Gasteiger partial charge in [0.15, 0.2) is 0 Å². The largest absolute Gasteiger partial charge is 0.506 e. The topological polar surface area (TPSA) is 65.5 Å². The summed E-state index contributed by atoms with van der Waals surface area (Å²) in [7, 11) is 0. The smallest absolute Gasteiger partial charge is 0.261 e. The summed E-state index contributed by atoms with van der Waals surface area (Å²) in [4.78, 5) is 19.1. The van der Waals surface area contributed by atoms with Crippen molar-refractivity contribution in [1.29, 1.82) is 0 Å². The standard InChI is InChI=1S/C17H13ClN2O2/c1-10-4-2-7-14-15(10)16(21)13(17(22)20-14)9-19-12-6-3-5-11(18)8-12/h2-9H,1H3,(H2,20,21,22). The van der Waals surface area contributed by atoms with Crippen molar-refractivity contribution in [3.63, 3.8) is 0 Å². The van der Waals surface area contributed by atoms with E-state index >= 15 is 0 Å². The van der Waals surface area contributed by atoms with Crippen molar-refractivity contribution in [3.8, 4) is 5.75 Å². The average Bonchev–Trinajstić information content (AvgIpc) is 2.46. The van der Waals surface area contributed by atoms with Crippen molar-refractivity contribution < 1.29 is 5.11 Å². The molecule has 0 unspecified atom stereocenters. The number of nitrogens with zero attached hydrogens (tertiary/aromatic N) is 1. The molecule has 0 aliphatic carbocycles. The second kappa shape index (κ2) is 5.66. The van der Waals surface area contributed by atoms with Crippen LogP contribution in [-0.4, -0.2) is 16.3 Å². The second-order valence-electron chi connectivity index (χ2n) is 4.95. The molecule has 0 amide bonds. The number of aromatic amines is 1. The van der Waals surface area contributed by atoms with E-state index in [9.17, 15) is 9.90 Å². The molecule has 0 saturated carbocycles. The Balaban J connectivity index is 2.15. The van der Waals surface area contributed by atoms with Crippen molar-refractivity contribution in [3.05, 3.63) is 69.0 Å². The van der Waals surface area contributed by atoms with Gasteiger partial charge in [-0.3, -0.25) is 9.79 Å². The summed E-state index contributed by atoms with van der Waals surface area (Å²) in [6.45, 7) is 1.87. The number of aryl methyl sites for hydroxylation is 1. The molecule has 1 aromatic heterocycles. The number of pyridine rings is 1. The van der Waals surface area contributed by atoms with Gasteiger partial charge in [0, 0.05) is 16.6 Å². The molecule has 22 heavy (non-hydrogen) atoms. The normalized spacial score (nSPS) is 11.4. The van der Waals surface area contributed by atoms with E-state index in [4.69, 9.17) is 11.6 Å². The van der Waals surface area contributed by atoms with Crippen LogP contribution in [0.1, 0.15) is 11.1 Å². The molecule has 0 radical (unpaired) electrons. The number of H-pyrrole nitrogens is 1. The van der Waals surface area contributed by atoms with E-state index in [1.54, 1.807) is 30.3 Å². The molecule has 0 atom stereocenters. The zero-order chi connectivity index (χ0) is 15.7. The Kier molecular flexibility index (Phi) is 3.69. The molecule has 5 heteroatoms. The molecule has 0 aliphatic heterocycles. The molecule has 0 bridgehead atoms. The van der Waals surface area contributed by atoms with Crippen LogP contribution in [0.3, 0.4) is 0 Å². The molecule has 0 spiro atoms. The third kappa shape index (κ3) is 2.61. The highest BCUT2D eigenvalue weighted by Crippen LogP contribution is 2.27. The van der Waals surface area contributed by atoms with Crippen LogP contribution < -0.4 is 5.56 Å². The van der Waals surface area contributed by atoms with E-state index in [-0.39, 0.29) is 16.9 Å². The molecule has 0 aliphatic rings. The van der Waals surface area contributed by atoms with Crippen molar-refractivity contribution in [2.24, 2.45) is 4.99 Å². The fourth-order valence-electron chi connectivity index (χ4n) is 2.33. The monoisotopic (exact) mass is 312 g/mol. The zero-order valence-electron chi connectivity index (χ0n) is 11.8. The Labute approximate surface area is 131 Å². The Morgan fingerprint density at radius 3 is 2.77 bits per heavy atom. The number of hydrogen-bond donors (Lipinski definition) is 2. The van der Waals surface area contributed by atoms with Gasteiger partial charge in [-0.1, -0.05) is 29.8 Å². The van der Waals surface area contributed by atoms with E-state index in [1.165, 1.54) is 6.21 Å². The number of hydrogen-bond acceptors (Lipinski definition) is 3. The highest BCUT2D eigenvalue weighted by atomic mass is 35.5. The summed E-state index contributed by atoms with van der Waals surface area (Å²) in [5.74, 6) is -0.0670. The van der Waals surface area contributed by atoms with E-state index in [0.29, 0.717) is 21.6 Å². The van der Waals surface area contributed by atoms with E-state index in [2.05, 4.69) is 9.98 Å². The Morgan fingerprint density at radius 2 is 2.00 bits per heavy atom. The first-order valence-electron chi connectivity index (χ1n) is 6.70. The van der Waals surface area contributed by atoms with Gasteiger partial charge in [0.05, 0.1) is 11.2 Å². The van der Waals surface area contributed by atoms with Crippen LogP contribution in [0.4, 0.5) is 5.69 Å². The minimum Gasteiger partial charge on any atom is -0.506 e. The fraction of sp³-hybridized carbons (Fsp3) is 0.0588. The van der Waals surface area contributed by atoms with Crippen molar-refractivity contribution in [2.45, 2.75) is 6.92 Å². The first-order valence-corrected chi connectivity index (χ1v) is 7.08. The summed E-state index contributed by atoms with van der Waals surface area (Å²) >= 11 is 5.90. The highest BCUT2D eigenvalue weighted by molar-refractivity contribution is 6.30. The summed E-state index contributed by atoms with van der Waals surface area (Å²) in [6, 6.07) is 12.4. The van der Waals surface area contributed by atoms with Crippen LogP contribution in [0.5, 0.6) is 5.75 Å². The third-order valence-corrected chi connectivity index (χ3v) is 3.64. The lowest BCUT2D eigenvalue weighted by atomic mass is 10.1. The lowest BCUT2D eigenvalue weighted by Gasteiger charge is -2.06. The number of aliphatic imine (C=N–C) groups is 1. The van der Waals surface area contributed by atoms with Crippen molar-refractivity contribution in [1.82, 2.24) is 4.98 Å². The number of rotatable bonds is 2. The maximum Gasteiger partial charge on any atom is 0.261 e. The van der Waals surface area contributed by atoms with Gasteiger partial charge in [0.25, 0.3) is 5.56 Å². The van der Waals surface area contributed by atoms with Crippen LogP contribution in [0.25, 0.3) is 10.9 Å². The van der Waals surface area contributed by atoms with Gasteiger partial charge in [-0.05, 0) is 36.8 Å². The van der Waals surface area contributed by atoms with Crippen molar-refractivity contribution in [2.75, 3.05) is 0 Å². The minimum absolute atomic E-state index is 0.0670. The molecular formula is C17H13ClN2O2. The molecular weight excluding hydrogens is 300 g/mol. The summed E-state index contributed by atoms with van der Waals surface area (Å²) in [5, 5.41) is 11.6. The molecule has 3 rings (SSSR count). The van der Waals surface area contributed by atoms with Gasteiger partial charge < -0.3 is 10.1 Å². The van der Waals surface area contributed by atoms with Gasteiger partial charge in [-0.25, -0.2) is 0 Å². The molecule has 4 nitrogen and oxygen atoms in total. The van der Waals surface area contributed by atoms with Gasteiger partial charge in [-0.15, -0.1) is 0 Å². The van der Waals surface area contributed by atoms with Crippen LogP contribution in [-0.2, 0) is 0 Å². The number of aromatic hydroxyl groups is 1. The van der Waals surface area contributed by atoms with Gasteiger partial charge in [-0.2, -0.15) is 0 Å². The number of halogens is 1. The molecule has 2 aromatic carbocycles. The van der Waals surface area contributed by atoms with Crippen LogP contribution in [0.15, 0.2) is 52.3 Å². The van der Waals surface area contributed by atoms with Crippen LogP contribution in [0.2, 0.25) is 5.02 Å². The molecule has 0 saturated heterocycles. The number of fused-ring (bicyclic) bond motifs is 1. The first kappa shape index (κ1) is 14.4. The predicted molar refractivity (Wildman–Crippen MR) is 89.7 cm³/mol. The highest BCUT2D eigenvalue weighted by Gasteiger charge is 2.11. The number of nitrogens with one attached hydrogen (secondary N) is 1. The number of benzene rings is 2. The number of aromatic nitrogens is 1. The summed E-state index contributed by atoms with van der Waals surface area (Å²) in [6.07, 6.45) is 1.35. The molecule has 2 N–H and O–H groups in total. The second-order valence-corrected chi connectivity index (χ2v) is 5.39. The Bertz CT molecular complexity index is 945. The SMILES string of the molecule is Cc1cccc2[nH]c(=O)c(C=Nc3cccc(Cl)c3)c(O)c12. The summed E-state index contributed by atoms with van der Waals surface area (Å²) in [5.41, 5.74) is 1.82. The lowest BCUT2D eigenvalue weighted by Crippen LogP contribution is -2.12. The van der Waals surface area contributed by atoms with Gasteiger partial charge >= 0.3 is 0 Å². The molecule has 110 valence electrons. The quantitative estimate of drug-likeness (QED) is 0.704. The van der Waals surface area contributed by atoms with E-state index in [0.717, 1.165) is 5.56 Å². The molecule has 0 fully saturated rings. The van der Waals surface area contributed by atoms with Crippen LogP contribution in [0, 0.1) is 6.92 Å². The third-order valence-electron chi connectivity index (χ3n) is 3.41. The summed E-state index contributed by atoms with van der Waals surface area (Å²) < 4.78 is 0.